The number of nitrogens with zero attached hydrogens (tertiary/aromatic N) is 1. The fourth-order valence-corrected chi connectivity index (χ4v) is 5.50. The van der Waals surface area contributed by atoms with E-state index in [1.165, 1.54) is 35.3 Å². The largest absolute Gasteiger partial charge is 0.337 e. The van der Waals surface area contributed by atoms with Gasteiger partial charge in [-0.15, -0.1) is 23.7 Å². The van der Waals surface area contributed by atoms with Crippen molar-refractivity contribution in [1.82, 2.24) is 4.90 Å². The van der Waals surface area contributed by atoms with Gasteiger partial charge >= 0.3 is 0 Å². The zero-order valence-electron chi connectivity index (χ0n) is 15.0. The van der Waals surface area contributed by atoms with Crippen LogP contribution in [-0.2, 0) is 12.8 Å². The Balaban J connectivity index is 0.00000196. The molecule has 140 valence electrons. The molecule has 1 saturated heterocycles. The number of aryl methyl sites for hydroxylation is 2. The molecule has 0 unspecified atom stereocenters. The molecule has 1 aliphatic carbocycles. The van der Waals surface area contributed by atoms with Gasteiger partial charge in [0.2, 0.25) is 0 Å². The molecule has 0 spiro atoms. The number of hydrogen-bond acceptors (Lipinski definition) is 3. The van der Waals surface area contributed by atoms with Crippen LogP contribution in [0.15, 0.2) is 36.4 Å². The number of nitrogens with two attached hydrogens (primary N) is 1. The van der Waals surface area contributed by atoms with Crippen LogP contribution in [0, 0.1) is 5.92 Å². The molecule has 1 fully saturated rings. The lowest BCUT2D eigenvalue weighted by molar-refractivity contribution is 0.0791. The fourth-order valence-electron chi connectivity index (χ4n) is 4.28. The van der Waals surface area contributed by atoms with E-state index in [4.69, 9.17) is 5.73 Å². The van der Waals surface area contributed by atoms with Gasteiger partial charge in [0.25, 0.3) is 5.91 Å². The van der Waals surface area contributed by atoms with Gasteiger partial charge in [0, 0.05) is 23.9 Å². The maximum atomic E-state index is 13.1. The number of hydrogen-bond donors (Lipinski definition) is 1. The maximum absolute atomic E-state index is 13.1. The van der Waals surface area contributed by atoms with Gasteiger partial charge in [0.05, 0.1) is 4.88 Å². The minimum Gasteiger partial charge on any atom is -0.337 e. The van der Waals surface area contributed by atoms with Crippen molar-refractivity contribution in [3.8, 4) is 0 Å². The minimum absolute atomic E-state index is 0. The van der Waals surface area contributed by atoms with Crippen molar-refractivity contribution in [2.24, 2.45) is 11.7 Å². The second kappa shape index (κ2) is 8.55. The molecular formula is C21H27ClN2OS. The third-order valence-corrected chi connectivity index (χ3v) is 6.94. The van der Waals surface area contributed by atoms with E-state index in [1.807, 2.05) is 11.0 Å². The van der Waals surface area contributed by atoms with E-state index in [-0.39, 0.29) is 18.3 Å². The summed E-state index contributed by atoms with van der Waals surface area (Å²) in [5.74, 6) is 0.909. The molecule has 2 aliphatic rings. The molecule has 2 aromatic rings. The van der Waals surface area contributed by atoms with Gasteiger partial charge in [-0.2, -0.15) is 0 Å². The van der Waals surface area contributed by atoms with Crippen LogP contribution in [-0.4, -0.2) is 30.4 Å². The summed E-state index contributed by atoms with van der Waals surface area (Å²) in [6, 6.07) is 12.7. The summed E-state index contributed by atoms with van der Waals surface area (Å²) in [6.07, 6.45) is 6.11. The fraction of sp³-hybridized carbons (Fsp3) is 0.476. The van der Waals surface area contributed by atoms with Gasteiger partial charge in [-0.3, -0.25) is 4.79 Å². The van der Waals surface area contributed by atoms with Gasteiger partial charge in [0.15, 0.2) is 0 Å². The van der Waals surface area contributed by atoms with E-state index in [0.717, 1.165) is 30.8 Å². The van der Waals surface area contributed by atoms with Crippen molar-refractivity contribution in [3.63, 3.8) is 0 Å². The topological polar surface area (TPSA) is 46.3 Å². The molecule has 1 aliphatic heterocycles. The highest BCUT2D eigenvalue weighted by molar-refractivity contribution is 7.14. The number of amides is 1. The summed E-state index contributed by atoms with van der Waals surface area (Å²) < 4.78 is 0. The summed E-state index contributed by atoms with van der Waals surface area (Å²) in [7, 11) is 0. The second-order valence-corrected chi connectivity index (χ2v) is 8.48. The molecule has 0 bridgehead atoms. The number of fused-ring (bicyclic) bond motifs is 1. The van der Waals surface area contributed by atoms with Crippen LogP contribution in [0.25, 0.3) is 0 Å². The quantitative estimate of drug-likeness (QED) is 0.796. The number of thiophene rings is 1. The number of likely N-dealkylation sites (tertiary alicyclic amines) is 1. The molecule has 4 rings (SSSR count). The minimum atomic E-state index is 0. The molecule has 2 heterocycles. The number of rotatable bonds is 3. The molecule has 1 aromatic carbocycles. The molecule has 1 aromatic heterocycles. The van der Waals surface area contributed by atoms with Gasteiger partial charge in [-0.25, -0.2) is 0 Å². The van der Waals surface area contributed by atoms with E-state index in [9.17, 15) is 4.79 Å². The Bertz CT molecular complexity index is 722. The Kier molecular flexibility index (Phi) is 6.38. The first-order valence-corrected chi connectivity index (χ1v) is 10.2. The number of benzene rings is 1. The van der Waals surface area contributed by atoms with Crippen LogP contribution in [0.3, 0.4) is 0 Å². The standard InChI is InChI=1S/C21H26N2OS.ClH/c22-12-17-13-23(14-18(17)15-7-3-1-4-8-15)21(24)20-11-16-9-5-2-6-10-19(16)25-20;/h1,3-4,7-8,11,17-18H,2,5-6,9-10,12-14,22H2;1H/t17-,18+;/m1./s1. The number of halogens is 1. The molecule has 26 heavy (non-hydrogen) atoms. The molecule has 2 N–H and O–H groups in total. The van der Waals surface area contributed by atoms with Gasteiger partial charge < -0.3 is 10.6 Å². The zero-order chi connectivity index (χ0) is 17.2. The van der Waals surface area contributed by atoms with Crippen molar-refractivity contribution in [2.75, 3.05) is 19.6 Å². The van der Waals surface area contributed by atoms with Crippen molar-refractivity contribution >= 4 is 29.7 Å². The lowest BCUT2D eigenvalue weighted by atomic mass is 9.89. The van der Waals surface area contributed by atoms with E-state index in [1.54, 1.807) is 11.3 Å². The van der Waals surface area contributed by atoms with Crippen molar-refractivity contribution < 1.29 is 4.79 Å². The first-order chi connectivity index (χ1) is 12.3. The van der Waals surface area contributed by atoms with Crippen LogP contribution in [0.4, 0.5) is 0 Å². The highest BCUT2D eigenvalue weighted by atomic mass is 35.5. The first kappa shape index (κ1) is 19.4. The van der Waals surface area contributed by atoms with E-state index in [0.29, 0.717) is 18.4 Å². The summed E-state index contributed by atoms with van der Waals surface area (Å²) in [4.78, 5) is 17.5. The average Bonchev–Trinajstić information content (AvgIpc) is 3.20. The maximum Gasteiger partial charge on any atom is 0.263 e. The van der Waals surface area contributed by atoms with Crippen LogP contribution in [0.2, 0.25) is 0 Å². The van der Waals surface area contributed by atoms with Crippen LogP contribution >= 0.6 is 23.7 Å². The average molecular weight is 391 g/mol. The van der Waals surface area contributed by atoms with E-state index < -0.39 is 0 Å². The molecule has 1 amide bonds. The van der Waals surface area contributed by atoms with Crippen LogP contribution < -0.4 is 5.73 Å². The summed E-state index contributed by atoms with van der Waals surface area (Å²) in [6.45, 7) is 2.19. The van der Waals surface area contributed by atoms with Crippen molar-refractivity contribution in [1.29, 1.82) is 0 Å². The molecule has 0 saturated carbocycles. The molecule has 3 nitrogen and oxygen atoms in total. The predicted molar refractivity (Wildman–Crippen MR) is 110 cm³/mol. The molecule has 0 radical (unpaired) electrons. The Morgan fingerprint density at radius 2 is 1.88 bits per heavy atom. The molecule has 5 heteroatoms. The Morgan fingerprint density at radius 3 is 2.65 bits per heavy atom. The Hall–Kier alpha value is -1.36. The number of carbonyl (C=O) groups is 1. The smallest absolute Gasteiger partial charge is 0.263 e. The monoisotopic (exact) mass is 390 g/mol. The third-order valence-electron chi connectivity index (χ3n) is 5.72. The van der Waals surface area contributed by atoms with E-state index in [2.05, 4.69) is 30.3 Å². The summed E-state index contributed by atoms with van der Waals surface area (Å²) >= 11 is 1.73. The Labute approximate surface area is 166 Å². The van der Waals surface area contributed by atoms with E-state index >= 15 is 0 Å². The van der Waals surface area contributed by atoms with Gasteiger partial charge in [0.1, 0.15) is 0 Å². The zero-order valence-corrected chi connectivity index (χ0v) is 16.7. The van der Waals surface area contributed by atoms with Crippen molar-refractivity contribution in [2.45, 2.75) is 38.0 Å². The Morgan fingerprint density at radius 1 is 1.12 bits per heavy atom. The third kappa shape index (κ3) is 3.83. The first-order valence-electron chi connectivity index (χ1n) is 9.42. The summed E-state index contributed by atoms with van der Waals surface area (Å²) in [5, 5.41) is 0. The number of carbonyl (C=O) groups excluding carboxylic acids is 1. The lowest BCUT2D eigenvalue weighted by Crippen LogP contribution is -2.29. The van der Waals surface area contributed by atoms with Crippen LogP contribution in [0.1, 0.15) is 50.9 Å². The SMILES string of the molecule is Cl.NC[C@@H]1CN(C(=O)c2cc3c(s2)CCCCC3)C[C@H]1c1ccccc1. The predicted octanol–water partition coefficient (Wildman–Crippen LogP) is 4.25. The molecule has 2 atom stereocenters. The van der Waals surface area contributed by atoms with Crippen LogP contribution in [0.5, 0.6) is 0 Å². The van der Waals surface area contributed by atoms with Crippen molar-refractivity contribution in [3.05, 3.63) is 57.3 Å². The normalized spacial score (nSPS) is 22.4. The second-order valence-electron chi connectivity index (χ2n) is 7.34. The van der Waals surface area contributed by atoms with Gasteiger partial charge in [-0.05, 0) is 55.3 Å². The van der Waals surface area contributed by atoms with Gasteiger partial charge in [-0.1, -0.05) is 36.8 Å². The lowest BCUT2D eigenvalue weighted by Gasteiger charge is -2.16. The highest BCUT2D eigenvalue weighted by Crippen LogP contribution is 2.35. The molecular weight excluding hydrogens is 364 g/mol. The highest BCUT2D eigenvalue weighted by Gasteiger charge is 2.36. The summed E-state index contributed by atoms with van der Waals surface area (Å²) in [5.41, 5.74) is 8.74.